The quantitative estimate of drug-likeness (QED) is 0.782. The molecule has 0 spiro atoms. The van der Waals surface area contributed by atoms with Crippen molar-refractivity contribution in [2.24, 2.45) is 5.41 Å². The Labute approximate surface area is 119 Å². The minimum atomic E-state index is -4.08. The molecule has 1 fully saturated rings. The molecule has 3 nitrogen and oxygen atoms in total. The van der Waals surface area contributed by atoms with E-state index in [1.807, 2.05) is 0 Å². The lowest BCUT2D eigenvalue weighted by Gasteiger charge is -2.41. The van der Waals surface area contributed by atoms with Crippen LogP contribution >= 0.6 is 0 Å². The maximum Gasteiger partial charge on any atom is 0.390 e. The molecule has 0 aliphatic carbocycles. The molecule has 1 rings (SSSR count). The van der Waals surface area contributed by atoms with Gasteiger partial charge < -0.3 is 15.0 Å². The Hall–Kier alpha value is -0.330. The highest BCUT2D eigenvalue weighted by Gasteiger charge is 2.35. The molecule has 0 bridgehead atoms. The molecule has 6 heteroatoms. The molecule has 120 valence electrons. The van der Waals surface area contributed by atoms with Gasteiger partial charge in [0.2, 0.25) is 0 Å². The number of nitrogens with one attached hydrogen (secondary N) is 1. The molecule has 1 heterocycles. The van der Waals surface area contributed by atoms with Crippen molar-refractivity contribution in [3.8, 4) is 0 Å². The smallest absolute Gasteiger partial charge is 0.381 e. The van der Waals surface area contributed by atoms with E-state index in [9.17, 15) is 13.2 Å². The van der Waals surface area contributed by atoms with Crippen LogP contribution in [0, 0.1) is 5.41 Å². The van der Waals surface area contributed by atoms with Crippen LogP contribution < -0.4 is 5.32 Å². The van der Waals surface area contributed by atoms with Crippen LogP contribution in [0.2, 0.25) is 0 Å². The molecule has 1 aliphatic heterocycles. The molecule has 1 N–H and O–H groups in total. The lowest BCUT2D eigenvalue weighted by Crippen LogP contribution is -2.48. The Morgan fingerprint density at radius 1 is 1.25 bits per heavy atom. The van der Waals surface area contributed by atoms with Crippen molar-refractivity contribution in [1.29, 1.82) is 0 Å². The lowest BCUT2D eigenvalue weighted by molar-refractivity contribution is -0.138. The highest BCUT2D eigenvalue weighted by molar-refractivity contribution is 4.87. The summed E-state index contributed by atoms with van der Waals surface area (Å²) < 4.78 is 42.3. The first-order chi connectivity index (χ1) is 9.22. The van der Waals surface area contributed by atoms with Crippen LogP contribution in [-0.2, 0) is 4.74 Å². The van der Waals surface area contributed by atoms with Gasteiger partial charge in [-0.2, -0.15) is 13.2 Å². The van der Waals surface area contributed by atoms with Crippen LogP contribution in [0.1, 0.15) is 33.1 Å². The number of alkyl halides is 3. The van der Waals surface area contributed by atoms with Gasteiger partial charge in [-0.25, -0.2) is 0 Å². The molecular formula is C14H27F3N2O. The normalized spacial score (nSPS) is 19.8. The van der Waals surface area contributed by atoms with Gasteiger partial charge in [-0.05, 0) is 25.3 Å². The van der Waals surface area contributed by atoms with Gasteiger partial charge in [0.05, 0.1) is 6.42 Å². The van der Waals surface area contributed by atoms with Crippen molar-refractivity contribution < 1.29 is 17.9 Å². The fourth-order valence-corrected chi connectivity index (χ4v) is 2.59. The number of rotatable bonds is 7. The predicted molar refractivity (Wildman–Crippen MR) is 73.8 cm³/mol. The average Bonchev–Trinajstić information content (AvgIpc) is 2.34. The van der Waals surface area contributed by atoms with Crippen LogP contribution in [-0.4, -0.2) is 57.0 Å². The van der Waals surface area contributed by atoms with Gasteiger partial charge in [0.15, 0.2) is 0 Å². The maximum absolute atomic E-state index is 12.3. The van der Waals surface area contributed by atoms with Gasteiger partial charge in [0.25, 0.3) is 0 Å². The van der Waals surface area contributed by atoms with Gasteiger partial charge in [-0.3, -0.25) is 0 Å². The highest BCUT2D eigenvalue weighted by Crippen LogP contribution is 2.31. The monoisotopic (exact) mass is 296 g/mol. The van der Waals surface area contributed by atoms with E-state index in [1.54, 1.807) is 11.9 Å². The Morgan fingerprint density at radius 2 is 1.85 bits per heavy atom. The van der Waals surface area contributed by atoms with Gasteiger partial charge in [0.1, 0.15) is 0 Å². The fourth-order valence-electron chi connectivity index (χ4n) is 2.59. The minimum Gasteiger partial charge on any atom is -0.381 e. The molecule has 1 aliphatic rings. The Balaban J connectivity index is 2.50. The second-order valence-corrected chi connectivity index (χ2v) is 6.25. The molecule has 20 heavy (non-hydrogen) atoms. The van der Waals surface area contributed by atoms with Crippen LogP contribution in [0.15, 0.2) is 0 Å². The average molecular weight is 296 g/mol. The first-order valence-electron chi connectivity index (χ1n) is 7.29. The summed E-state index contributed by atoms with van der Waals surface area (Å²) in [5, 5.41) is 3.43. The predicted octanol–water partition coefficient (Wildman–Crippen LogP) is 2.67. The van der Waals surface area contributed by atoms with Crippen molar-refractivity contribution in [3.05, 3.63) is 0 Å². The van der Waals surface area contributed by atoms with Crippen LogP contribution in [0.4, 0.5) is 13.2 Å². The van der Waals surface area contributed by atoms with E-state index < -0.39 is 12.6 Å². The summed E-state index contributed by atoms with van der Waals surface area (Å²) in [7, 11) is 1.78. The Morgan fingerprint density at radius 3 is 2.35 bits per heavy atom. The standard InChI is InChI=1S/C14H27F3N2O/c1-12(2)18-10-13(5-8-20-9-6-13)11-19(3)7-4-14(15,16)17/h12,18H,4-11H2,1-3H3. The minimum absolute atomic E-state index is 0.0306. The summed E-state index contributed by atoms with van der Waals surface area (Å²) in [6.07, 6.45) is -3.01. The van der Waals surface area contributed by atoms with Gasteiger partial charge >= 0.3 is 6.18 Å². The molecule has 0 radical (unpaired) electrons. The third-order valence-electron chi connectivity index (χ3n) is 3.82. The van der Waals surface area contributed by atoms with Crippen molar-refractivity contribution >= 4 is 0 Å². The summed E-state index contributed by atoms with van der Waals surface area (Å²) in [6, 6.07) is 0.384. The van der Waals surface area contributed by atoms with Crippen LogP contribution in [0.3, 0.4) is 0 Å². The number of nitrogens with zero attached hydrogens (tertiary/aromatic N) is 1. The lowest BCUT2D eigenvalue weighted by atomic mass is 9.79. The first-order valence-corrected chi connectivity index (χ1v) is 7.29. The van der Waals surface area contributed by atoms with Crippen LogP contribution in [0.25, 0.3) is 0 Å². The molecule has 0 aromatic rings. The highest BCUT2D eigenvalue weighted by atomic mass is 19.4. The first kappa shape index (κ1) is 17.7. The zero-order valence-electron chi connectivity index (χ0n) is 12.7. The molecule has 0 amide bonds. The number of halogens is 3. The molecule has 0 atom stereocenters. The molecule has 0 aromatic heterocycles. The van der Waals surface area contributed by atoms with Gasteiger partial charge in [-0.15, -0.1) is 0 Å². The van der Waals surface area contributed by atoms with Gasteiger partial charge in [0, 0.05) is 38.9 Å². The summed E-state index contributed by atoms with van der Waals surface area (Å²) in [5.41, 5.74) is 0.0306. The Bertz CT molecular complexity index is 276. The van der Waals surface area contributed by atoms with E-state index in [-0.39, 0.29) is 12.0 Å². The third kappa shape index (κ3) is 6.90. The summed E-state index contributed by atoms with van der Waals surface area (Å²) >= 11 is 0. The van der Waals surface area contributed by atoms with E-state index in [0.717, 1.165) is 19.4 Å². The van der Waals surface area contributed by atoms with Crippen molar-refractivity contribution in [2.45, 2.75) is 45.3 Å². The zero-order valence-corrected chi connectivity index (χ0v) is 12.7. The molecule has 0 unspecified atom stereocenters. The SMILES string of the molecule is CC(C)NCC1(CN(C)CCC(F)(F)F)CCOCC1. The molecule has 0 saturated carbocycles. The fraction of sp³-hybridized carbons (Fsp3) is 1.00. The second kappa shape index (κ2) is 7.61. The van der Waals surface area contributed by atoms with E-state index in [2.05, 4.69) is 19.2 Å². The van der Waals surface area contributed by atoms with Gasteiger partial charge in [-0.1, -0.05) is 13.8 Å². The third-order valence-corrected chi connectivity index (χ3v) is 3.82. The summed E-state index contributed by atoms with van der Waals surface area (Å²) in [5.74, 6) is 0. The van der Waals surface area contributed by atoms with Crippen molar-refractivity contribution in [3.63, 3.8) is 0 Å². The van der Waals surface area contributed by atoms with E-state index >= 15 is 0 Å². The molecule has 1 saturated heterocycles. The Kier molecular flexibility index (Phi) is 6.75. The maximum atomic E-state index is 12.3. The van der Waals surface area contributed by atoms with Crippen molar-refractivity contribution in [1.82, 2.24) is 10.2 Å². The molecular weight excluding hydrogens is 269 g/mol. The largest absolute Gasteiger partial charge is 0.390 e. The van der Waals surface area contributed by atoms with E-state index in [1.165, 1.54) is 0 Å². The summed E-state index contributed by atoms with van der Waals surface area (Å²) in [4.78, 5) is 1.81. The van der Waals surface area contributed by atoms with Crippen molar-refractivity contribution in [2.75, 3.05) is 39.9 Å². The number of ether oxygens (including phenoxy) is 1. The molecule has 0 aromatic carbocycles. The van der Waals surface area contributed by atoms with Crippen LogP contribution in [0.5, 0.6) is 0 Å². The summed E-state index contributed by atoms with van der Waals surface area (Å²) in [6.45, 7) is 7.16. The number of hydrogen-bond acceptors (Lipinski definition) is 3. The second-order valence-electron chi connectivity index (χ2n) is 6.25. The zero-order chi connectivity index (χ0) is 15.2. The van der Waals surface area contributed by atoms with E-state index in [0.29, 0.717) is 25.8 Å². The topological polar surface area (TPSA) is 24.5 Å². The van der Waals surface area contributed by atoms with E-state index in [4.69, 9.17) is 4.74 Å². The number of hydrogen-bond donors (Lipinski definition) is 1.